The number of allylic oxidation sites excluding steroid dienone is 2. The van der Waals surface area contributed by atoms with Crippen molar-refractivity contribution in [1.29, 1.82) is 0 Å². The van der Waals surface area contributed by atoms with Crippen molar-refractivity contribution in [2.75, 3.05) is 13.1 Å². The van der Waals surface area contributed by atoms with Gasteiger partial charge in [-0.05, 0) is 65.8 Å². The average Bonchev–Trinajstić information content (AvgIpc) is 2.36. The second-order valence-corrected chi connectivity index (χ2v) is 9.06. The van der Waals surface area contributed by atoms with Crippen LogP contribution in [0.2, 0.25) is 0 Å². The number of rotatable bonds is 11. The Morgan fingerprint density at radius 2 is 1.61 bits per heavy atom. The van der Waals surface area contributed by atoms with Crippen LogP contribution in [0.25, 0.3) is 0 Å². The van der Waals surface area contributed by atoms with Crippen molar-refractivity contribution < 1.29 is 4.74 Å². The van der Waals surface area contributed by atoms with E-state index in [0.29, 0.717) is 11.8 Å². The molecule has 0 amide bonds. The Bertz CT molecular complexity index is 351. The lowest BCUT2D eigenvalue weighted by Gasteiger charge is -2.44. The number of hydrogen-bond donors (Lipinski definition) is 1. The fourth-order valence-electron chi connectivity index (χ4n) is 2.36. The molecule has 2 heteroatoms. The summed E-state index contributed by atoms with van der Waals surface area (Å²) < 4.78 is 6.37. The van der Waals surface area contributed by atoms with Crippen LogP contribution in [0.4, 0.5) is 0 Å². The molecule has 23 heavy (non-hydrogen) atoms. The lowest BCUT2D eigenvalue weighted by atomic mass is 9.76. The van der Waals surface area contributed by atoms with Crippen molar-refractivity contribution in [2.45, 2.75) is 93.8 Å². The lowest BCUT2D eigenvalue weighted by Crippen LogP contribution is -2.50. The molecule has 0 aliphatic carbocycles. The predicted octanol–water partition coefficient (Wildman–Crippen LogP) is 5.82. The standard InChI is InChI=1S/C21H43NO/c1-16(2)12-11-13-18(5)14-22-15-20(7,8)21(9,10)23-19(6)17(3)4/h12,17-19,22H,11,13-15H2,1-10H3. The molecule has 0 aliphatic rings. The summed E-state index contributed by atoms with van der Waals surface area (Å²) in [7, 11) is 0. The van der Waals surface area contributed by atoms with Gasteiger partial charge in [-0.3, -0.25) is 0 Å². The first-order chi connectivity index (χ1) is 10.4. The summed E-state index contributed by atoms with van der Waals surface area (Å²) >= 11 is 0. The maximum Gasteiger partial charge on any atom is 0.0693 e. The Hall–Kier alpha value is -0.340. The van der Waals surface area contributed by atoms with Crippen molar-refractivity contribution in [3.8, 4) is 0 Å². The normalized spacial score (nSPS) is 15.6. The van der Waals surface area contributed by atoms with Gasteiger partial charge in [-0.1, -0.05) is 46.3 Å². The van der Waals surface area contributed by atoms with Crippen LogP contribution < -0.4 is 5.32 Å². The van der Waals surface area contributed by atoms with Crippen LogP contribution in [-0.4, -0.2) is 24.8 Å². The van der Waals surface area contributed by atoms with Gasteiger partial charge in [-0.2, -0.15) is 0 Å². The molecule has 0 heterocycles. The van der Waals surface area contributed by atoms with Gasteiger partial charge in [0.15, 0.2) is 0 Å². The van der Waals surface area contributed by atoms with E-state index in [-0.39, 0.29) is 17.1 Å². The van der Waals surface area contributed by atoms with Gasteiger partial charge in [-0.15, -0.1) is 0 Å². The van der Waals surface area contributed by atoms with E-state index in [2.05, 4.69) is 80.6 Å². The number of nitrogens with one attached hydrogen (secondary N) is 1. The Labute approximate surface area is 146 Å². The highest BCUT2D eigenvalue weighted by atomic mass is 16.5. The monoisotopic (exact) mass is 325 g/mol. The molecule has 0 radical (unpaired) electrons. The maximum absolute atomic E-state index is 6.37. The highest BCUT2D eigenvalue weighted by molar-refractivity contribution is 4.93. The zero-order valence-electron chi connectivity index (χ0n) is 17.5. The fourth-order valence-corrected chi connectivity index (χ4v) is 2.36. The van der Waals surface area contributed by atoms with Gasteiger partial charge in [0, 0.05) is 12.0 Å². The Morgan fingerprint density at radius 1 is 1.04 bits per heavy atom. The third kappa shape index (κ3) is 8.91. The van der Waals surface area contributed by atoms with Gasteiger partial charge >= 0.3 is 0 Å². The predicted molar refractivity (Wildman–Crippen MR) is 104 cm³/mol. The van der Waals surface area contributed by atoms with Gasteiger partial charge < -0.3 is 10.1 Å². The zero-order valence-corrected chi connectivity index (χ0v) is 17.5. The molecule has 0 aromatic heterocycles. The summed E-state index contributed by atoms with van der Waals surface area (Å²) in [4.78, 5) is 0. The highest BCUT2D eigenvalue weighted by Crippen LogP contribution is 2.35. The SMILES string of the molecule is CC(C)=CCCC(C)CNCC(C)(C)C(C)(C)OC(C)C(C)C. The van der Waals surface area contributed by atoms with E-state index in [1.165, 1.54) is 18.4 Å². The van der Waals surface area contributed by atoms with Crippen LogP contribution in [0.1, 0.15) is 82.1 Å². The van der Waals surface area contributed by atoms with Crippen molar-refractivity contribution in [2.24, 2.45) is 17.3 Å². The van der Waals surface area contributed by atoms with Crippen molar-refractivity contribution in [3.05, 3.63) is 11.6 Å². The van der Waals surface area contributed by atoms with E-state index in [4.69, 9.17) is 4.74 Å². The van der Waals surface area contributed by atoms with Gasteiger partial charge in [-0.25, -0.2) is 0 Å². The third-order valence-corrected chi connectivity index (χ3v) is 5.32. The average molecular weight is 326 g/mol. The number of ether oxygens (including phenoxy) is 1. The Morgan fingerprint density at radius 3 is 2.09 bits per heavy atom. The highest BCUT2D eigenvalue weighted by Gasteiger charge is 2.39. The van der Waals surface area contributed by atoms with Crippen molar-refractivity contribution >= 4 is 0 Å². The van der Waals surface area contributed by atoms with Crippen molar-refractivity contribution in [1.82, 2.24) is 5.32 Å². The van der Waals surface area contributed by atoms with Crippen LogP contribution in [0.15, 0.2) is 11.6 Å². The molecule has 138 valence electrons. The Kier molecular flexibility index (Phi) is 9.69. The molecule has 0 aromatic carbocycles. The lowest BCUT2D eigenvalue weighted by molar-refractivity contribution is -0.141. The molecule has 0 fully saturated rings. The molecule has 0 saturated carbocycles. The third-order valence-electron chi connectivity index (χ3n) is 5.32. The molecule has 0 saturated heterocycles. The van der Waals surface area contributed by atoms with E-state index >= 15 is 0 Å². The zero-order chi connectivity index (χ0) is 18.3. The summed E-state index contributed by atoms with van der Waals surface area (Å²) in [6, 6.07) is 0. The minimum absolute atomic E-state index is 0.0930. The van der Waals surface area contributed by atoms with Crippen LogP contribution >= 0.6 is 0 Å². The smallest absolute Gasteiger partial charge is 0.0693 e. The second kappa shape index (κ2) is 9.84. The van der Waals surface area contributed by atoms with Crippen molar-refractivity contribution in [3.63, 3.8) is 0 Å². The topological polar surface area (TPSA) is 21.3 Å². The molecule has 0 rings (SSSR count). The molecular weight excluding hydrogens is 282 g/mol. The molecule has 1 N–H and O–H groups in total. The van der Waals surface area contributed by atoms with E-state index in [1.807, 2.05) is 0 Å². The van der Waals surface area contributed by atoms with Gasteiger partial charge in [0.25, 0.3) is 0 Å². The van der Waals surface area contributed by atoms with E-state index in [0.717, 1.165) is 13.1 Å². The molecule has 2 atom stereocenters. The van der Waals surface area contributed by atoms with Crippen LogP contribution in [0.5, 0.6) is 0 Å². The Balaban J connectivity index is 4.32. The summed E-state index contributed by atoms with van der Waals surface area (Å²) in [5.41, 5.74) is 1.37. The van der Waals surface area contributed by atoms with Crippen LogP contribution in [0, 0.1) is 17.3 Å². The minimum atomic E-state index is -0.144. The van der Waals surface area contributed by atoms with Crippen LogP contribution in [0.3, 0.4) is 0 Å². The first-order valence-corrected chi connectivity index (χ1v) is 9.41. The van der Waals surface area contributed by atoms with E-state index < -0.39 is 0 Å². The first kappa shape index (κ1) is 22.7. The van der Waals surface area contributed by atoms with E-state index in [9.17, 15) is 0 Å². The summed E-state index contributed by atoms with van der Waals surface area (Å²) in [6.45, 7) is 24.4. The van der Waals surface area contributed by atoms with Gasteiger partial charge in [0.05, 0.1) is 11.7 Å². The first-order valence-electron chi connectivity index (χ1n) is 9.41. The molecule has 0 spiro atoms. The second-order valence-electron chi connectivity index (χ2n) is 9.06. The quantitative estimate of drug-likeness (QED) is 0.483. The minimum Gasteiger partial charge on any atom is -0.372 e. The van der Waals surface area contributed by atoms with Gasteiger partial charge in [0.1, 0.15) is 0 Å². The molecule has 0 bridgehead atoms. The molecule has 0 aromatic rings. The summed E-state index contributed by atoms with van der Waals surface area (Å²) in [6.07, 6.45) is 5.06. The fraction of sp³-hybridized carbons (Fsp3) is 0.905. The number of hydrogen-bond acceptors (Lipinski definition) is 2. The molecule has 0 aliphatic heterocycles. The molecular formula is C21H43NO. The largest absolute Gasteiger partial charge is 0.372 e. The molecule has 2 nitrogen and oxygen atoms in total. The maximum atomic E-state index is 6.37. The van der Waals surface area contributed by atoms with Crippen LogP contribution in [-0.2, 0) is 4.74 Å². The summed E-state index contributed by atoms with van der Waals surface area (Å²) in [5.74, 6) is 1.26. The van der Waals surface area contributed by atoms with E-state index in [1.54, 1.807) is 0 Å². The van der Waals surface area contributed by atoms with Gasteiger partial charge in [0.2, 0.25) is 0 Å². The molecule has 2 unspecified atom stereocenters. The summed E-state index contributed by atoms with van der Waals surface area (Å²) in [5, 5.41) is 3.67.